The number of hydrogen-bond acceptors (Lipinski definition) is 6. The highest BCUT2D eigenvalue weighted by molar-refractivity contribution is 6.12. The average Bonchev–Trinajstić information content (AvgIpc) is 3.37. The maximum Gasteiger partial charge on any atom is 0.317 e. The van der Waals surface area contributed by atoms with Crippen molar-refractivity contribution in [2.24, 2.45) is 5.73 Å². The summed E-state index contributed by atoms with van der Waals surface area (Å²) in [7, 11) is 0. The molecule has 7 N–H and O–H groups in total. The number of nitrogens with two attached hydrogens (primary N) is 1. The first-order chi connectivity index (χ1) is 21.9. The number of aliphatic carboxylic acids is 2. The number of nitrogens with one attached hydrogen (secondary N) is 1. The number of aliphatic hydroxyl groups is 2. The largest absolute Gasteiger partial charge is 0.481 e. The number of hydrogen-bond donors (Lipinski definition) is 6. The fraction of sp³-hybridized carbons (Fsp3) is 0.286. The van der Waals surface area contributed by atoms with Gasteiger partial charge in [0.05, 0.1) is 36.4 Å². The molecule has 46 heavy (non-hydrogen) atoms. The first-order valence-electron chi connectivity index (χ1n) is 14.9. The van der Waals surface area contributed by atoms with E-state index in [1.165, 1.54) is 12.1 Å². The molecule has 0 aliphatic heterocycles. The molecule has 1 heterocycles. The zero-order valence-corrected chi connectivity index (χ0v) is 25.8. The Kier molecular flexibility index (Phi) is 13.2. The zero-order chi connectivity index (χ0) is 33.8. The maximum atomic E-state index is 14.0. The van der Waals surface area contributed by atoms with Gasteiger partial charge < -0.3 is 36.0 Å². The van der Waals surface area contributed by atoms with Gasteiger partial charge in [-0.1, -0.05) is 62.4 Å². The predicted molar refractivity (Wildman–Crippen MR) is 174 cm³/mol. The van der Waals surface area contributed by atoms with Crippen LogP contribution in [0, 0.1) is 5.82 Å². The third-order valence-electron chi connectivity index (χ3n) is 7.10. The molecule has 4 rings (SSSR count). The number of aromatic nitrogens is 1. The standard InChI is InChI=1S/C33H35FN2O5.C2H5NO2/c1-21(2)31-30(33(41)35-25-11-7-4-8-12-25)29(22-9-5-3-6-10-22)32(23-13-15-24(34)16-14-23)36(31)18-17-26(37)19-27(38)20-28(39)40;3-1-2(4)5/h3-16,21,26-27,37-38H,17-20H2,1-2H3,(H,35,41)(H,39,40);1,3H2,(H,4,5)/t26-,27-;/m1./s1. The first-order valence-corrected chi connectivity index (χ1v) is 14.9. The normalized spacial score (nSPS) is 12.2. The van der Waals surface area contributed by atoms with Crippen LogP contribution in [0.5, 0.6) is 0 Å². The summed E-state index contributed by atoms with van der Waals surface area (Å²) in [6.07, 6.45) is -2.51. The monoisotopic (exact) mass is 633 g/mol. The number of amides is 1. The highest BCUT2D eigenvalue weighted by Gasteiger charge is 2.31. The van der Waals surface area contributed by atoms with Crippen LogP contribution in [0.1, 0.15) is 55.1 Å². The lowest BCUT2D eigenvalue weighted by Crippen LogP contribution is -2.22. The highest BCUT2D eigenvalue weighted by atomic mass is 19.1. The molecule has 0 bridgehead atoms. The fourth-order valence-electron chi connectivity index (χ4n) is 5.20. The number of benzene rings is 3. The molecule has 0 fully saturated rings. The SMILES string of the molecule is CC(C)c1c(C(=O)Nc2ccccc2)c(-c2ccccc2)c(-c2ccc(F)cc2)n1CC[C@@H](O)C[C@@H](O)CC(=O)O.NCC(=O)O. The van der Waals surface area contributed by atoms with Crippen molar-refractivity contribution in [3.8, 4) is 22.4 Å². The van der Waals surface area contributed by atoms with Crippen molar-refractivity contribution < 1.29 is 39.2 Å². The lowest BCUT2D eigenvalue weighted by atomic mass is 9.94. The minimum Gasteiger partial charge on any atom is -0.481 e. The Bertz CT molecular complexity index is 1590. The van der Waals surface area contributed by atoms with Crippen molar-refractivity contribution in [2.75, 3.05) is 11.9 Å². The summed E-state index contributed by atoms with van der Waals surface area (Å²) >= 11 is 0. The quantitative estimate of drug-likeness (QED) is 0.114. The number of anilines is 1. The molecule has 2 atom stereocenters. The number of carboxylic acids is 2. The number of nitrogens with zero attached hydrogens (tertiary/aromatic N) is 1. The predicted octanol–water partition coefficient (Wildman–Crippen LogP) is 5.34. The van der Waals surface area contributed by atoms with Crippen LogP contribution in [-0.4, -0.2) is 61.6 Å². The van der Waals surface area contributed by atoms with E-state index >= 15 is 0 Å². The molecule has 3 aromatic carbocycles. The number of carbonyl (C=O) groups is 3. The molecule has 1 amide bonds. The lowest BCUT2D eigenvalue weighted by Gasteiger charge is -2.20. The van der Waals surface area contributed by atoms with Crippen LogP contribution in [0.3, 0.4) is 0 Å². The van der Waals surface area contributed by atoms with Crippen LogP contribution in [0.4, 0.5) is 10.1 Å². The summed E-state index contributed by atoms with van der Waals surface area (Å²) in [5.41, 5.74) is 9.35. The van der Waals surface area contributed by atoms with Gasteiger partial charge in [-0.2, -0.15) is 0 Å². The number of para-hydroxylation sites is 1. The van der Waals surface area contributed by atoms with Crippen molar-refractivity contribution in [1.29, 1.82) is 0 Å². The molecule has 11 heteroatoms. The molecule has 0 saturated heterocycles. The second-order valence-corrected chi connectivity index (χ2v) is 11.0. The van der Waals surface area contributed by atoms with E-state index in [9.17, 15) is 29.0 Å². The van der Waals surface area contributed by atoms with Gasteiger partial charge in [0.15, 0.2) is 0 Å². The van der Waals surface area contributed by atoms with Crippen molar-refractivity contribution in [1.82, 2.24) is 4.57 Å². The summed E-state index contributed by atoms with van der Waals surface area (Å²) in [6.45, 7) is 3.97. The molecule has 1 aromatic heterocycles. The van der Waals surface area contributed by atoms with E-state index in [4.69, 9.17) is 10.2 Å². The average molecular weight is 634 g/mol. The smallest absolute Gasteiger partial charge is 0.317 e. The van der Waals surface area contributed by atoms with E-state index in [1.807, 2.05) is 79.1 Å². The lowest BCUT2D eigenvalue weighted by molar-refractivity contribution is -0.139. The van der Waals surface area contributed by atoms with Gasteiger partial charge in [0.2, 0.25) is 0 Å². The van der Waals surface area contributed by atoms with Crippen molar-refractivity contribution in [3.05, 3.63) is 102 Å². The van der Waals surface area contributed by atoms with Crippen LogP contribution in [-0.2, 0) is 16.1 Å². The van der Waals surface area contributed by atoms with E-state index in [0.717, 1.165) is 11.3 Å². The molecule has 4 aromatic rings. The van der Waals surface area contributed by atoms with Gasteiger partial charge in [0.1, 0.15) is 5.82 Å². The highest BCUT2D eigenvalue weighted by Crippen LogP contribution is 2.42. The minimum absolute atomic E-state index is 0.0939. The Morgan fingerprint density at radius 1 is 0.826 bits per heavy atom. The summed E-state index contributed by atoms with van der Waals surface area (Å²) in [5.74, 6) is -2.90. The van der Waals surface area contributed by atoms with Crippen molar-refractivity contribution >= 4 is 23.5 Å². The minimum atomic E-state index is -1.18. The molecule has 0 aliphatic rings. The summed E-state index contributed by atoms with van der Waals surface area (Å²) in [4.78, 5) is 34.3. The number of halogens is 1. The fourth-order valence-corrected chi connectivity index (χ4v) is 5.20. The second kappa shape index (κ2) is 17.0. The van der Waals surface area contributed by atoms with Gasteiger partial charge in [0.25, 0.3) is 5.91 Å². The molecule has 0 unspecified atom stereocenters. The number of rotatable bonds is 13. The number of aliphatic hydroxyl groups excluding tert-OH is 2. The molecule has 10 nitrogen and oxygen atoms in total. The maximum absolute atomic E-state index is 14.0. The Morgan fingerprint density at radius 2 is 1.39 bits per heavy atom. The Balaban J connectivity index is 0.00000107. The van der Waals surface area contributed by atoms with Gasteiger partial charge >= 0.3 is 11.9 Å². The second-order valence-electron chi connectivity index (χ2n) is 11.0. The summed E-state index contributed by atoms with van der Waals surface area (Å²) < 4.78 is 16.0. The summed E-state index contributed by atoms with van der Waals surface area (Å²) in [5, 5.41) is 40.4. The van der Waals surface area contributed by atoms with E-state index in [1.54, 1.807) is 12.1 Å². The van der Waals surface area contributed by atoms with Gasteiger partial charge in [-0.15, -0.1) is 0 Å². The molecular weight excluding hydrogens is 593 g/mol. The zero-order valence-electron chi connectivity index (χ0n) is 25.8. The van der Waals surface area contributed by atoms with Gasteiger partial charge in [-0.3, -0.25) is 14.4 Å². The van der Waals surface area contributed by atoms with Gasteiger partial charge in [-0.25, -0.2) is 4.39 Å². The molecule has 0 saturated carbocycles. The van der Waals surface area contributed by atoms with Gasteiger partial charge in [0, 0.05) is 23.5 Å². The topological polar surface area (TPSA) is 175 Å². The van der Waals surface area contributed by atoms with Crippen molar-refractivity contribution in [3.63, 3.8) is 0 Å². The molecule has 0 aliphatic carbocycles. The Hall–Kier alpha value is -4.84. The van der Waals surface area contributed by atoms with E-state index in [2.05, 4.69) is 11.1 Å². The van der Waals surface area contributed by atoms with Crippen LogP contribution in [0.2, 0.25) is 0 Å². The molecular formula is C35H40FN3O7. The Labute approximate surface area is 266 Å². The van der Waals surface area contributed by atoms with Crippen molar-refractivity contribution in [2.45, 2.75) is 57.8 Å². The van der Waals surface area contributed by atoms with Crippen LogP contribution >= 0.6 is 0 Å². The van der Waals surface area contributed by atoms with E-state index in [-0.39, 0.29) is 43.6 Å². The Morgan fingerprint density at radius 3 is 1.91 bits per heavy atom. The molecule has 0 spiro atoms. The van der Waals surface area contributed by atoms with E-state index in [0.29, 0.717) is 28.1 Å². The van der Waals surface area contributed by atoms with Gasteiger partial charge in [-0.05, 0) is 66.3 Å². The summed E-state index contributed by atoms with van der Waals surface area (Å²) in [6, 6.07) is 24.8. The molecule has 244 valence electrons. The van der Waals surface area contributed by atoms with Crippen LogP contribution in [0.25, 0.3) is 22.4 Å². The first kappa shape index (κ1) is 35.6. The van der Waals surface area contributed by atoms with Crippen LogP contribution < -0.4 is 11.1 Å². The molecule has 0 radical (unpaired) electrons. The van der Waals surface area contributed by atoms with Crippen LogP contribution in [0.15, 0.2) is 84.9 Å². The third-order valence-corrected chi connectivity index (χ3v) is 7.10. The number of carbonyl (C=O) groups excluding carboxylic acids is 1. The van der Waals surface area contributed by atoms with E-state index < -0.39 is 30.6 Å². The number of carboxylic acid groups (broad SMARTS) is 2. The third kappa shape index (κ3) is 9.83.